The molecule has 0 aliphatic rings. The highest BCUT2D eigenvalue weighted by Gasteiger charge is 2.25. The summed E-state index contributed by atoms with van der Waals surface area (Å²) in [6, 6.07) is 0. The van der Waals surface area contributed by atoms with Crippen molar-refractivity contribution >= 4 is 0 Å². The molecule has 0 atom stereocenters. The van der Waals surface area contributed by atoms with Crippen LogP contribution in [-0.2, 0) is 10.8 Å². The molecular weight excluding hydrogens is 184 g/mol. The second-order valence-corrected chi connectivity index (χ2v) is 6.03. The van der Waals surface area contributed by atoms with E-state index in [9.17, 15) is 0 Å². The molecule has 0 amide bonds. The number of aromatic nitrogens is 2. The molecule has 0 aromatic carbocycles. The van der Waals surface area contributed by atoms with Gasteiger partial charge in [0.15, 0.2) is 0 Å². The van der Waals surface area contributed by atoms with E-state index in [2.05, 4.69) is 51.5 Å². The number of nitrogens with one attached hydrogen (secondary N) is 1. The molecule has 0 aliphatic carbocycles. The lowest BCUT2D eigenvalue weighted by atomic mass is 9.87. The maximum absolute atomic E-state index is 4.52. The third-order valence-corrected chi connectivity index (χ3v) is 2.90. The molecule has 1 heterocycles. The summed E-state index contributed by atoms with van der Waals surface area (Å²) in [7, 11) is 0. The number of hydrogen-bond donors (Lipinski definition) is 1. The smallest absolute Gasteiger partial charge is 0.111 e. The molecule has 0 unspecified atom stereocenters. The highest BCUT2D eigenvalue weighted by atomic mass is 14.9. The molecule has 1 N–H and O–H groups in total. The highest BCUT2D eigenvalue weighted by molar-refractivity contribution is 5.15. The van der Waals surface area contributed by atoms with Crippen LogP contribution in [0.3, 0.4) is 0 Å². The first-order valence-corrected chi connectivity index (χ1v) is 5.83. The zero-order valence-corrected chi connectivity index (χ0v) is 10.9. The molecule has 1 rings (SSSR count). The Kier molecular flexibility index (Phi) is 3.27. The number of aromatic amines is 1. The van der Waals surface area contributed by atoms with E-state index in [1.54, 1.807) is 0 Å². The quantitative estimate of drug-likeness (QED) is 0.804. The van der Waals surface area contributed by atoms with E-state index < -0.39 is 0 Å². The van der Waals surface area contributed by atoms with E-state index in [1.807, 2.05) is 6.20 Å². The normalized spacial score (nSPS) is 13.2. The Labute approximate surface area is 93.5 Å². The van der Waals surface area contributed by atoms with Gasteiger partial charge in [-0.1, -0.05) is 48.0 Å². The van der Waals surface area contributed by atoms with Crippen molar-refractivity contribution in [2.24, 2.45) is 0 Å². The molecule has 0 saturated heterocycles. The van der Waals surface area contributed by atoms with E-state index in [1.165, 1.54) is 18.5 Å². The van der Waals surface area contributed by atoms with Gasteiger partial charge in [-0.2, -0.15) is 0 Å². The van der Waals surface area contributed by atoms with Crippen molar-refractivity contribution in [2.45, 2.75) is 65.2 Å². The Hall–Kier alpha value is -0.790. The predicted octanol–water partition coefficient (Wildman–Crippen LogP) is 3.78. The third kappa shape index (κ3) is 2.83. The second kappa shape index (κ2) is 3.99. The lowest BCUT2D eigenvalue weighted by Gasteiger charge is -2.22. The first-order chi connectivity index (χ1) is 6.77. The predicted molar refractivity (Wildman–Crippen MR) is 65.2 cm³/mol. The van der Waals surface area contributed by atoms with Gasteiger partial charge in [0.25, 0.3) is 0 Å². The first-order valence-electron chi connectivity index (χ1n) is 5.83. The fourth-order valence-corrected chi connectivity index (χ4v) is 1.79. The van der Waals surface area contributed by atoms with Crippen LogP contribution < -0.4 is 0 Å². The molecule has 0 bridgehead atoms. The average molecular weight is 208 g/mol. The fraction of sp³-hybridized carbons (Fsp3) is 0.769. The second-order valence-electron chi connectivity index (χ2n) is 6.03. The molecule has 86 valence electrons. The van der Waals surface area contributed by atoms with Crippen molar-refractivity contribution in [2.75, 3.05) is 0 Å². The zero-order valence-electron chi connectivity index (χ0n) is 10.9. The van der Waals surface area contributed by atoms with Gasteiger partial charge in [-0.15, -0.1) is 0 Å². The van der Waals surface area contributed by atoms with Gasteiger partial charge in [0.2, 0.25) is 0 Å². The number of rotatable bonds is 3. The summed E-state index contributed by atoms with van der Waals surface area (Å²) in [6.45, 7) is 13.3. The first kappa shape index (κ1) is 12.3. The van der Waals surface area contributed by atoms with Crippen molar-refractivity contribution in [1.82, 2.24) is 9.97 Å². The standard InChI is InChI=1S/C13H24N2/c1-7-8-13(5,6)11-14-9-10(15-11)12(2,3)4/h9H,7-8H2,1-6H3,(H,14,15). The van der Waals surface area contributed by atoms with Gasteiger partial charge in [-0.25, -0.2) is 4.98 Å². The summed E-state index contributed by atoms with van der Waals surface area (Å²) in [5.74, 6) is 1.12. The van der Waals surface area contributed by atoms with Gasteiger partial charge >= 0.3 is 0 Å². The largest absolute Gasteiger partial charge is 0.345 e. The summed E-state index contributed by atoms with van der Waals surface area (Å²) < 4.78 is 0. The zero-order chi connectivity index (χ0) is 11.7. The summed E-state index contributed by atoms with van der Waals surface area (Å²) in [5, 5.41) is 0. The summed E-state index contributed by atoms with van der Waals surface area (Å²) in [5.41, 5.74) is 1.55. The molecule has 15 heavy (non-hydrogen) atoms. The lowest BCUT2D eigenvalue weighted by molar-refractivity contribution is 0.445. The van der Waals surface area contributed by atoms with Crippen molar-refractivity contribution in [3.63, 3.8) is 0 Å². The van der Waals surface area contributed by atoms with E-state index in [-0.39, 0.29) is 10.8 Å². The Morgan fingerprint density at radius 3 is 2.20 bits per heavy atom. The van der Waals surface area contributed by atoms with E-state index in [0.717, 1.165) is 5.82 Å². The van der Waals surface area contributed by atoms with E-state index >= 15 is 0 Å². The maximum atomic E-state index is 4.52. The Balaban J connectivity index is 2.94. The van der Waals surface area contributed by atoms with Gasteiger partial charge in [-0.05, 0) is 6.42 Å². The van der Waals surface area contributed by atoms with Crippen LogP contribution in [-0.4, -0.2) is 9.97 Å². The van der Waals surface area contributed by atoms with Gasteiger partial charge < -0.3 is 4.98 Å². The maximum Gasteiger partial charge on any atom is 0.111 e. The fourth-order valence-electron chi connectivity index (χ4n) is 1.79. The van der Waals surface area contributed by atoms with Crippen LogP contribution in [0.4, 0.5) is 0 Å². The summed E-state index contributed by atoms with van der Waals surface area (Å²) in [6.07, 6.45) is 4.34. The monoisotopic (exact) mass is 208 g/mol. The van der Waals surface area contributed by atoms with Gasteiger partial charge in [0.1, 0.15) is 5.82 Å². The number of hydrogen-bond acceptors (Lipinski definition) is 1. The van der Waals surface area contributed by atoms with Crippen molar-refractivity contribution < 1.29 is 0 Å². The Morgan fingerprint density at radius 2 is 1.80 bits per heavy atom. The molecule has 0 radical (unpaired) electrons. The Morgan fingerprint density at radius 1 is 1.20 bits per heavy atom. The van der Waals surface area contributed by atoms with Crippen molar-refractivity contribution in [3.05, 3.63) is 17.7 Å². The van der Waals surface area contributed by atoms with Crippen molar-refractivity contribution in [3.8, 4) is 0 Å². The lowest BCUT2D eigenvalue weighted by Crippen LogP contribution is -2.19. The number of imidazole rings is 1. The van der Waals surface area contributed by atoms with Crippen LogP contribution >= 0.6 is 0 Å². The van der Waals surface area contributed by atoms with Crippen LogP contribution in [0.1, 0.15) is 65.9 Å². The minimum atomic E-state index is 0.160. The minimum absolute atomic E-state index is 0.160. The van der Waals surface area contributed by atoms with E-state index in [0.29, 0.717) is 0 Å². The summed E-state index contributed by atoms with van der Waals surface area (Å²) >= 11 is 0. The van der Waals surface area contributed by atoms with Gasteiger partial charge in [0, 0.05) is 22.7 Å². The Bertz CT molecular complexity index is 316. The molecule has 0 fully saturated rings. The molecule has 0 spiro atoms. The SMILES string of the molecule is CCCC(C)(C)c1ncc(C(C)(C)C)[nH]1. The molecule has 0 aliphatic heterocycles. The van der Waals surface area contributed by atoms with E-state index in [4.69, 9.17) is 0 Å². The van der Waals surface area contributed by atoms with Crippen LogP contribution in [0.25, 0.3) is 0 Å². The van der Waals surface area contributed by atoms with Gasteiger partial charge in [0.05, 0.1) is 0 Å². The highest BCUT2D eigenvalue weighted by Crippen LogP contribution is 2.28. The molecular formula is C13H24N2. The van der Waals surface area contributed by atoms with Crippen LogP contribution in [0, 0.1) is 0 Å². The van der Waals surface area contributed by atoms with Crippen LogP contribution in [0.5, 0.6) is 0 Å². The molecule has 0 saturated carbocycles. The number of H-pyrrole nitrogens is 1. The van der Waals surface area contributed by atoms with Crippen molar-refractivity contribution in [1.29, 1.82) is 0 Å². The van der Waals surface area contributed by atoms with Crippen LogP contribution in [0.15, 0.2) is 6.20 Å². The average Bonchev–Trinajstić information content (AvgIpc) is 2.50. The summed E-state index contributed by atoms with van der Waals surface area (Å²) in [4.78, 5) is 7.98. The molecule has 1 aromatic heterocycles. The number of nitrogens with zero attached hydrogens (tertiary/aromatic N) is 1. The molecule has 2 nitrogen and oxygen atoms in total. The molecule has 2 heteroatoms. The minimum Gasteiger partial charge on any atom is -0.345 e. The topological polar surface area (TPSA) is 28.7 Å². The third-order valence-electron chi connectivity index (χ3n) is 2.90. The molecule has 1 aromatic rings. The van der Waals surface area contributed by atoms with Crippen LogP contribution in [0.2, 0.25) is 0 Å². The van der Waals surface area contributed by atoms with Gasteiger partial charge in [-0.3, -0.25) is 0 Å².